The van der Waals surface area contributed by atoms with Gasteiger partial charge in [-0.05, 0) is 25.8 Å². The zero-order valence-corrected chi connectivity index (χ0v) is 13.9. The molecule has 1 fully saturated rings. The number of morpholine rings is 1. The van der Waals surface area contributed by atoms with Crippen LogP contribution in [0.4, 0.5) is 0 Å². The van der Waals surface area contributed by atoms with E-state index in [-0.39, 0.29) is 12.0 Å². The first kappa shape index (κ1) is 15.7. The average Bonchev–Trinajstić information content (AvgIpc) is 3.13. The standard InChI is InChI=1S/C16H23N5O2/c1-11-8-17-16(19-11)14-10-21(6-7-23-14)15(22)5-4-13-9-18-20(3)12(13)2/h8-9,14H,4-7,10H2,1-3H3,(H,17,19)/t14-/m0/s1. The molecular weight excluding hydrogens is 294 g/mol. The van der Waals surface area contributed by atoms with Gasteiger partial charge in [0.05, 0.1) is 19.3 Å². The summed E-state index contributed by atoms with van der Waals surface area (Å²) in [5.74, 6) is 0.952. The Morgan fingerprint density at radius 2 is 2.26 bits per heavy atom. The summed E-state index contributed by atoms with van der Waals surface area (Å²) in [4.78, 5) is 21.9. The van der Waals surface area contributed by atoms with Crippen LogP contribution in [0.5, 0.6) is 0 Å². The first-order valence-corrected chi connectivity index (χ1v) is 7.93. The Hall–Kier alpha value is -2.15. The molecule has 0 spiro atoms. The van der Waals surface area contributed by atoms with Gasteiger partial charge in [0.25, 0.3) is 0 Å². The summed E-state index contributed by atoms with van der Waals surface area (Å²) in [5.41, 5.74) is 3.25. The van der Waals surface area contributed by atoms with Crippen LogP contribution >= 0.6 is 0 Å². The fraction of sp³-hybridized carbons (Fsp3) is 0.562. The van der Waals surface area contributed by atoms with Crippen molar-refractivity contribution in [2.75, 3.05) is 19.7 Å². The first-order chi connectivity index (χ1) is 11.0. The molecule has 1 saturated heterocycles. The van der Waals surface area contributed by atoms with E-state index in [0.717, 1.165) is 29.2 Å². The van der Waals surface area contributed by atoms with Gasteiger partial charge in [0.1, 0.15) is 11.9 Å². The lowest BCUT2D eigenvalue weighted by Gasteiger charge is -2.32. The molecule has 0 bridgehead atoms. The Morgan fingerprint density at radius 1 is 1.43 bits per heavy atom. The van der Waals surface area contributed by atoms with Crippen molar-refractivity contribution >= 4 is 5.91 Å². The van der Waals surface area contributed by atoms with Crippen LogP contribution in [0.25, 0.3) is 0 Å². The van der Waals surface area contributed by atoms with Crippen LogP contribution in [0.2, 0.25) is 0 Å². The smallest absolute Gasteiger partial charge is 0.223 e. The quantitative estimate of drug-likeness (QED) is 0.922. The van der Waals surface area contributed by atoms with E-state index >= 15 is 0 Å². The van der Waals surface area contributed by atoms with E-state index in [9.17, 15) is 4.79 Å². The number of hydrogen-bond acceptors (Lipinski definition) is 4. The largest absolute Gasteiger partial charge is 0.367 e. The van der Waals surface area contributed by atoms with Crippen LogP contribution in [0.3, 0.4) is 0 Å². The van der Waals surface area contributed by atoms with E-state index in [0.29, 0.717) is 26.1 Å². The summed E-state index contributed by atoms with van der Waals surface area (Å²) in [7, 11) is 1.92. The minimum Gasteiger partial charge on any atom is -0.367 e. The molecule has 23 heavy (non-hydrogen) atoms. The van der Waals surface area contributed by atoms with Crippen molar-refractivity contribution in [1.82, 2.24) is 24.6 Å². The Labute approximate surface area is 135 Å². The summed E-state index contributed by atoms with van der Waals surface area (Å²) in [5, 5.41) is 4.22. The van der Waals surface area contributed by atoms with Crippen LogP contribution in [0, 0.1) is 13.8 Å². The van der Waals surface area contributed by atoms with Crippen molar-refractivity contribution in [3.05, 3.63) is 35.2 Å². The lowest BCUT2D eigenvalue weighted by Crippen LogP contribution is -2.42. The van der Waals surface area contributed by atoms with Crippen molar-refractivity contribution in [2.24, 2.45) is 7.05 Å². The summed E-state index contributed by atoms with van der Waals surface area (Å²) in [6, 6.07) is 0. The van der Waals surface area contributed by atoms with E-state index in [1.54, 1.807) is 6.20 Å². The van der Waals surface area contributed by atoms with E-state index in [4.69, 9.17) is 4.74 Å². The first-order valence-electron chi connectivity index (χ1n) is 7.93. The Bertz CT molecular complexity index is 690. The average molecular weight is 317 g/mol. The van der Waals surface area contributed by atoms with Gasteiger partial charge in [-0.25, -0.2) is 4.98 Å². The summed E-state index contributed by atoms with van der Waals surface area (Å²) in [6.45, 7) is 5.72. The fourth-order valence-corrected chi connectivity index (χ4v) is 2.83. The van der Waals surface area contributed by atoms with Crippen molar-refractivity contribution < 1.29 is 9.53 Å². The number of imidazole rings is 1. The predicted molar refractivity (Wildman–Crippen MR) is 84.9 cm³/mol. The van der Waals surface area contributed by atoms with Crippen LogP contribution < -0.4 is 0 Å². The molecule has 0 unspecified atom stereocenters. The van der Waals surface area contributed by atoms with Gasteiger partial charge in [-0.1, -0.05) is 0 Å². The molecule has 0 aliphatic carbocycles. The zero-order valence-electron chi connectivity index (χ0n) is 13.9. The monoisotopic (exact) mass is 317 g/mol. The topological polar surface area (TPSA) is 76.0 Å². The number of ether oxygens (including phenoxy) is 1. The molecule has 124 valence electrons. The minimum absolute atomic E-state index is 0.157. The van der Waals surface area contributed by atoms with Crippen molar-refractivity contribution in [2.45, 2.75) is 32.8 Å². The number of H-pyrrole nitrogens is 1. The van der Waals surface area contributed by atoms with E-state index in [1.807, 2.05) is 36.7 Å². The van der Waals surface area contributed by atoms with Crippen LogP contribution in [-0.2, 0) is 23.0 Å². The molecule has 1 aliphatic heterocycles. The number of aryl methyl sites for hydroxylation is 3. The number of aromatic nitrogens is 4. The second-order valence-electron chi connectivity index (χ2n) is 6.03. The molecular formula is C16H23N5O2. The molecule has 1 N–H and O–H groups in total. The van der Waals surface area contributed by atoms with Crippen LogP contribution in [-0.4, -0.2) is 50.3 Å². The third-order valence-electron chi connectivity index (χ3n) is 4.39. The fourth-order valence-electron chi connectivity index (χ4n) is 2.83. The van der Waals surface area contributed by atoms with Gasteiger partial charge in [-0.15, -0.1) is 0 Å². The highest BCUT2D eigenvalue weighted by Crippen LogP contribution is 2.20. The zero-order chi connectivity index (χ0) is 16.4. The Kier molecular flexibility index (Phi) is 4.47. The second kappa shape index (κ2) is 6.54. The van der Waals surface area contributed by atoms with Crippen molar-refractivity contribution in [3.63, 3.8) is 0 Å². The maximum absolute atomic E-state index is 12.5. The normalized spacial score (nSPS) is 18.4. The SMILES string of the molecule is Cc1cnc([C@@H]2CN(C(=O)CCc3cnn(C)c3C)CCO2)[nH]1. The second-order valence-corrected chi connectivity index (χ2v) is 6.03. The van der Waals surface area contributed by atoms with E-state index in [2.05, 4.69) is 15.1 Å². The molecule has 0 saturated carbocycles. The summed E-state index contributed by atoms with van der Waals surface area (Å²) in [6.07, 6.45) is 4.68. The van der Waals surface area contributed by atoms with Gasteiger partial charge in [-0.3, -0.25) is 9.48 Å². The number of amides is 1. The lowest BCUT2D eigenvalue weighted by molar-refractivity contribution is -0.139. The molecule has 1 atom stereocenters. The highest BCUT2D eigenvalue weighted by molar-refractivity contribution is 5.76. The Balaban J connectivity index is 1.57. The molecule has 0 aromatic carbocycles. The number of carbonyl (C=O) groups excluding carboxylic acids is 1. The van der Waals surface area contributed by atoms with Gasteiger partial charge in [0.15, 0.2) is 0 Å². The van der Waals surface area contributed by atoms with Gasteiger partial charge in [0.2, 0.25) is 5.91 Å². The van der Waals surface area contributed by atoms with Gasteiger partial charge in [-0.2, -0.15) is 5.10 Å². The number of nitrogens with one attached hydrogen (secondary N) is 1. The third kappa shape index (κ3) is 3.44. The lowest BCUT2D eigenvalue weighted by atomic mass is 10.1. The number of nitrogens with zero attached hydrogens (tertiary/aromatic N) is 4. The molecule has 0 radical (unpaired) electrons. The van der Waals surface area contributed by atoms with Gasteiger partial charge < -0.3 is 14.6 Å². The number of carbonyl (C=O) groups is 1. The maximum atomic E-state index is 12.5. The predicted octanol–water partition coefficient (Wildman–Crippen LogP) is 1.29. The van der Waals surface area contributed by atoms with E-state index in [1.165, 1.54) is 0 Å². The molecule has 7 nitrogen and oxygen atoms in total. The molecule has 3 rings (SSSR count). The van der Waals surface area contributed by atoms with E-state index < -0.39 is 0 Å². The molecule has 2 aromatic rings. The van der Waals surface area contributed by atoms with Crippen LogP contribution in [0.1, 0.15) is 35.3 Å². The van der Waals surface area contributed by atoms with Gasteiger partial charge in [0, 0.05) is 37.6 Å². The third-order valence-corrected chi connectivity index (χ3v) is 4.39. The molecule has 1 aliphatic rings. The number of rotatable bonds is 4. The molecule has 7 heteroatoms. The molecule has 2 aromatic heterocycles. The number of aromatic amines is 1. The maximum Gasteiger partial charge on any atom is 0.223 e. The van der Waals surface area contributed by atoms with Crippen LogP contribution in [0.15, 0.2) is 12.4 Å². The van der Waals surface area contributed by atoms with Crippen molar-refractivity contribution in [3.8, 4) is 0 Å². The van der Waals surface area contributed by atoms with Gasteiger partial charge >= 0.3 is 0 Å². The highest BCUT2D eigenvalue weighted by Gasteiger charge is 2.27. The summed E-state index contributed by atoms with van der Waals surface area (Å²) < 4.78 is 7.58. The Morgan fingerprint density at radius 3 is 2.91 bits per heavy atom. The molecule has 3 heterocycles. The highest BCUT2D eigenvalue weighted by atomic mass is 16.5. The number of hydrogen-bond donors (Lipinski definition) is 1. The van der Waals surface area contributed by atoms with Crippen molar-refractivity contribution in [1.29, 1.82) is 0 Å². The summed E-state index contributed by atoms with van der Waals surface area (Å²) >= 11 is 0. The molecule has 1 amide bonds. The minimum atomic E-state index is -0.165.